The molecule has 12 nitrogen and oxygen atoms in total. The Morgan fingerprint density at radius 2 is 0.823 bits per heavy atom. The number of hydrogen-bond donors (Lipinski definition) is 3. The number of rotatable bonds is 53. The molecule has 6 atom stereocenters. The molecule has 1 heterocycles. The third kappa shape index (κ3) is 44.3. The third-order valence-corrected chi connectivity index (χ3v) is 14.0. The number of carbonyl (C=O) groups excluding carboxylic acids is 3. The van der Waals surface area contributed by atoms with Crippen molar-refractivity contribution in [1.29, 1.82) is 0 Å². The topological polar surface area (TPSA) is 175 Å². The van der Waals surface area contributed by atoms with Crippen molar-refractivity contribution in [3.05, 3.63) is 85.1 Å². The molecule has 0 spiro atoms. The summed E-state index contributed by atoms with van der Waals surface area (Å²) < 4.78 is 28.4. The molecule has 0 radical (unpaired) electrons. The van der Waals surface area contributed by atoms with Crippen LogP contribution in [-0.2, 0) is 42.9 Å². The van der Waals surface area contributed by atoms with Crippen molar-refractivity contribution in [1.82, 2.24) is 0 Å². The highest BCUT2D eigenvalue weighted by Gasteiger charge is 2.50. The molecule has 0 aromatic rings. The van der Waals surface area contributed by atoms with Crippen molar-refractivity contribution in [2.45, 2.75) is 302 Å². The van der Waals surface area contributed by atoms with E-state index in [4.69, 9.17) is 23.7 Å². The maximum absolute atomic E-state index is 13.2. The first-order valence-electron chi connectivity index (χ1n) is 31.6. The van der Waals surface area contributed by atoms with E-state index in [0.29, 0.717) is 19.3 Å². The van der Waals surface area contributed by atoms with Crippen molar-refractivity contribution in [3.63, 3.8) is 0 Å². The summed E-state index contributed by atoms with van der Waals surface area (Å²) in [6.07, 6.45) is 58.4. The lowest BCUT2D eigenvalue weighted by Gasteiger charge is -2.40. The minimum Gasteiger partial charge on any atom is -0.479 e. The van der Waals surface area contributed by atoms with Gasteiger partial charge in [-0.3, -0.25) is 14.4 Å². The summed E-state index contributed by atoms with van der Waals surface area (Å²) in [6, 6.07) is 0. The standard InChI is InChI=1S/C67H112O12/c1-4-7-10-13-16-19-22-25-28-29-30-31-34-35-38-41-44-47-50-53-59(68)75-56-58(77-60(69)54-51-48-45-42-39-36-32-26-23-20-17-14-11-8-5-2)57-76-67-65(63(72)62(71)64(79-67)66(73)74)78-61(70)55-52-49-46-43-40-37-33-27-24-21-18-15-12-9-6-3/h7,10,16,19,25-26,28,30-32,35,38,44,47,58,62-65,67,71-72H,4-6,8-9,11-15,17-18,20-24,27,29,33-34,36-37,39-43,45-46,48-57H2,1-3H3,(H,73,74)/b10-7-,19-16-,28-25-,31-30-,32-26-,38-35-,47-44-. The van der Waals surface area contributed by atoms with Crippen molar-refractivity contribution in [3.8, 4) is 0 Å². The summed E-state index contributed by atoms with van der Waals surface area (Å²) in [6.45, 7) is 5.82. The van der Waals surface area contributed by atoms with Crippen LogP contribution in [0.3, 0.4) is 0 Å². The SMILES string of the molecule is CC/C=C\C/C=C\C/C=C\C/C=C\C/C=C\C/C=C\CCC(=O)OCC(COC1OC(C(=O)O)C(O)C(O)C1OC(=O)CCCCCCCCCCCCCCCCC)OC(=O)CCCCCCC/C=C\CCCCCCCC. The largest absolute Gasteiger partial charge is 0.479 e. The third-order valence-electron chi connectivity index (χ3n) is 14.0. The molecule has 79 heavy (non-hydrogen) atoms. The van der Waals surface area contributed by atoms with Gasteiger partial charge in [0.15, 0.2) is 24.6 Å². The van der Waals surface area contributed by atoms with E-state index in [9.17, 15) is 34.5 Å². The van der Waals surface area contributed by atoms with E-state index in [-0.39, 0.29) is 25.9 Å². The fourth-order valence-corrected chi connectivity index (χ4v) is 9.15. The maximum atomic E-state index is 13.2. The Kier molecular flexibility index (Phi) is 50.3. The highest BCUT2D eigenvalue weighted by molar-refractivity contribution is 5.74. The van der Waals surface area contributed by atoms with Crippen molar-refractivity contribution in [2.24, 2.45) is 0 Å². The van der Waals surface area contributed by atoms with Crippen LogP contribution in [0.15, 0.2) is 85.1 Å². The van der Waals surface area contributed by atoms with E-state index in [1.54, 1.807) is 0 Å². The van der Waals surface area contributed by atoms with E-state index in [1.807, 2.05) is 12.2 Å². The Bertz CT molecular complexity index is 1700. The Morgan fingerprint density at radius 1 is 0.430 bits per heavy atom. The van der Waals surface area contributed by atoms with E-state index < -0.39 is 67.3 Å². The Labute approximate surface area is 480 Å². The first kappa shape index (κ1) is 72.9. The molecule has 1 aliphatic heterocycles. The van der Waals surface area contributed by atoms with Crippen LogP contribution in [0.4, 0.5) is 0 Å². The normalized spacial score (nSPS) is 18.4. The molecule has 452 valence electrons. The molecule has 1 rings (SSSR count). The van der Waals surface area contributed by atoms with Gasteiger partial charge >= 0.3 is 23.9 Å². The van der Waals surface area contributed by atoms with E-state index in [1.165, 1.54) is 103 Å². The molecular weight excluding hydrogens is 997 g/mol. The number of ether oxygens (including phenoxy) is 5. The fourth-order valence-electron chi connectivity index (χ4n) is 9.15. The van der Waals surface area contributed by atoms with Gasteiger partial charge in [-0.25, -0.2) is 4.79 Å². The number of carbonyl (C=O) groups is 4. The van der Waals surface area contributed by atoms with Crippen LogP contribution in [0.25, 0.3) is 0 Å². The lowest BCUT2D eigenvalue weighted by Crippen LogP contribution is -2.61. The number of aliphatic hydroxyl groups excluding tert-OH is 2. The zero-order chi connectivity index (χ0) is 57.5. The van der Waals surface area contributed by atoms with Crippen LogP contribution in [0, 0.1) is 0 Å². The van der Waals surface area contributed by atoms with Gasteiger partial charge in [-0.2, -0.15) is 0 Å². The van der Waals surface area contributed by atoms with Crippen molar-refractivity contribution in [2.75, 3.05) is 13.2 Å². The summed E-state index contributed by atoms with van der Waals surface area (Å²) in [7, 11) is 0. The molecule has 0 amide bonds. The second-order valence-electron chi connectivity index (χ2n) is 21.3. The average molecular weight is 1110 g/mol. The molecule has 3 N–H and O–H groups in total. The van der Waals surface area contributed by atoms with Gasteiger partial charge in [-0.1, -0.05) is 247 Å². The van der Waals surface area contributed by atoms with Gasteiger partial charge in [0, 0.05) is 19.3 Å². The van der Waals surface area contributed by atoms with Crippen LogP contribution in [-0.4, -0.2) is 89.2 Å². The Morgan fingerprint density at radius 3 is 1.27 bits per heavy atom. The van der Waals surface area contributed by atoms with Gasteiger partial charge in [0.25, 0.3) is 0 Å². The van der Waals surface area contributed by atoms with Crippen LogP contribution in [0.2, 0.25) is 0 Å². The summed E-state index contributed by atoms with van der Waals surface area (Å²) in [5.41, 5.74) is 0. The summed E-state index contributed by atoms with van der Waals surface area (Å²) in [4.78, 5) is 51.2. The zero-order valence-corrected chi connectivity index (χ0v) is 49.8. The number of esters is 3. The van der Waals surface area contributed by atoms with Crippen LogP contribution in [0.5, 0.6) is 0 Å². The van der Waals surface area contributed by atoms with Crippen LogP contribution < -0.4 is 0 Å². The molecule has 1 saturated heterocycles. The van der Waals surface area contributed by atoms with E-state index >= 15 is 0 Å². The monoisotopic (exact) mass is 1110 g/mol. The Hall–Kier alpha value is -4.10. The van der Waals surface area contributed by atoms with E-state index in [0.717, 1.165) is 103 Å². The van der Waals surface area contributed by atoms with Crippen molar-refractivity contribution >= 4 is 23.9 Å². The summed E-state index contributed by atoms with van der Waals surface area (Å²) in [5, 5.41) is 31.5. The number of carboxylic acids is 1. The van der Waals surface area contributed by atoms with Crippen LogP contribution in [0.1, 0.15) is 265 Å². The first-order chi connectivity index (χ1) is 38.6. The molecule has 0 bridgehead atoms. The van der Waals surface area contributed by atoms with Crippen LogP contribution >= 0.6 is 0 Å². The Balaban J connectivity index is 2.72. The number of carboxylic acid groups (broad SMARTS) is 1. The number of unbranched alkanes of at least 4 members (excludes halogenated alkanes) is 25. The van der Waals surface area contributed by atoms with Gasteiger partial charge in [0.05, 0.1) is 6.61 Å². The molecule has 0 aromatic heterocycles. The van der Waals surface area contributed by atoms with Gasteiger partial charge < -0.3 is 39.0 Å². The molecule has 1 fully saturated rings. The lowest BCUT2D eigenvalue weighted by molar-refractivity contribution is -0.301. The zero-order valence-electron chi connectivity index (χ0n) is 49.8. The molecular formula is C67H112O12. The summed E-state index contributed by atoms with van der Waals surface area (Å²) in [5.74, 6) is -3.23. The minimum atomic E-state index is -1.91. The lowest BCUT2D eigenvalue weighted by atomic mass is 9.98. The minimum absolute atomic E-state index is 0.0533. The maximum Gasteiger partial charge on any atom is 0.335 e. The molecule has 12 heteroatoms. The van der Waals surface area contributed by atoms with Gasteiger partial charge in [-0.15, -0.1) is 0 Å². The number of allylic oxidation sites excluding steroid dienone is 14. The number of hydrogen-bond acceptors (Lipinski definition) is 11. The highest BCUT2D eigenvalue weighted by Crippen LogP contribution is 2.26. The molecule has 0 saturated carbocycles. The average Bonchev–Trinajstić information content (AvgIpc) is 3.46. The molecule has 1 aliphatic rings. The quantitative estimate of drug-likeness (QED) is 0.0228. The van der Waals surface area contributed by atoms with Gasteiger partial charge in [-0.05, 0) is 83.5 Å². The second-order valence-corrected chi connectivity index (χ2v) is 21.3. The fraction of sp³-hybridized carbons (Fsp3) is 0.731. The highest BCUT2D eigenvalue weighted by atomic mass is 16.7. The molecule has 0 aliphatic carbocycles. The predicted molar refractivity (Wildman–Crippen MR) is 321 cm³/mol. The summed E-state index contributed by atoms with van der Waals surface area (Å²) >= 11 is 0. The van der Waals surface area contributed by atoms with E-state index in [2.05, 4.69) is 93.7 Å². The second kappa shape index (κ2) is 54.5. The van der Waals surface area contributed by atoms with Gasteiger partial charge in [0.1, 0.15) is 18.8 Å². The van der Waals surface area contributed by atoms with Gasteiger partial charge in [0.2, 0.25) is 0 Å². The first-order valence-corrected chi connectivity index (χ1v) is 31.6. The molecule has 6 unspecified atom stereocenters. The molecule has 0 aromatic carbocycles. The smallest absolute Gasteiger partial charge is 0.335 e. The van der Waals surface area contributed by atoms with Crippen molar-refractivity contribution < 1.29 is 58.2 Å². The predicted octanol–water partition coefficient (Wildman–Crippen LogP) is 16.7. The number of aliphatic hydroxyl groups is 2. The number of aliphatic carboxylic acids is 1.